The summed E-state index contributed by atoms with van der Waals surface area (Å²) in [5, 5.41) is 11.1. The number of halogens is 1. The quantitative estimate of drug-likeness (QED) is 0.275. The first-order valence-corrected chi connectivity index (χ1v) is 10.1. The molecule has 0 fully saturated rings. The van der Waals surface area contributed by atoms with E-state index in [4.69, 9.17) is 14.2 Å². The third-order valence-electron chi connectivity index (χ3n) is 4.57. The van der Waals surface area contributed by atoms with Gasteiger partial charge in [0.1, 0.15) is 18.2 Å². The molecule has 0 bridgehead atoms. The first-order valence-electron chi connectivity index (χ1n) is 10.1. The van der Waals surface area contributed by atoms with Gasteiger partial charge in [0.25, 0.3) is 0 Å². The van der Waals surface area contributed by atoms with Gasteiger partial charge in [-0.15, -0.1) is 0 Å². The van der Waals surface area contributed by atoms with Gasteiger partial charge in [-0.05, 0) is 49.9 Å². The van der Waals surface area contributed by atoms with Crippen molar-refractivity contribution in [1.82, 2.24) is 4.90 Å². The standard InChI is InChI=1S/C22H27FN2O6/c1-3-30-22(26)24(13-5-4-6-17-7-10-19(29-2)11-8-17)14-15-31-21-16-18(23)9-12-20(21)25(27)28/h7-12,16H,3-6,13-15H2,1-2H3. The fraction of sp³-hybridized carbons (Fsp3) is 0.409. The Morgan fingerprint density at radius 2 is 1.87 bits per heavy atom. The molecule has 2 rings (SSSR count). The van der Waals surface area contributed by atoms with Crippen molar-refractivity contribution in [3.63, 3.8) is 0 Å². The molecule has 0 spiro atoms. The minimum Gasteiger partial charge on any atom is -0.497 e. The van der Waals surface area contributed by atoms with Gasteiger partial charge < -0.3 is 19.1 Å². The minimum atomic E-state index is -0.642. The number of methoxy groups -OCH3 is 1. The maximum absolute atomic E-state index is 13.4. The molecule has 9 heteroatoms. The van der Waals surface area contributed by atoms with Crippen LogP contribution in [0.4, 0.5) is 14.9 Å². The van der Waals surface area contributed by atoms with Crippen molar-refractivity contribution >= 4 is 11.8 Å². The van der Waals surface area contributed by atoms with Crippen molar-refractivity contribution in [2.24, 2.45) is 0 Å². The minimum absolute atomic E-state index is 0.0262. The van der Waals surface area contributed by atoms with Gasteiger partial charge in [-0.3, -0.25) is 10.1 Å². The molecule has 0 atom stereocenters. The summed E-state index contributed by atoms with van der Waals surface area (Å²) in [4.78, 5) is 24.1. The lowest BCUT2D eigenvalue weighted by Crippen LogP contribution is -2.36. The second-order valence-corrected chi connectivity index (χ2v) is 6.71. The van der Waals surface area contributed by atoms with Gasteiger partial charge in [0.05, 0.1) is 25.2 Å². The number of amides is 1. The molecule has 0 aromatic heterocycles. The first-order chi connectivity index (χ1) is 14.9. The van der Waals surface area contributed by atoms with E-state index in [1.54, 1.807) is 14.0 Å². The van der Waals surface area contributed by atoms with Crippen LogP contribution in [-0.2, 0) is 11.2 Å². The van der Waals surface area contributed by atoms with Crippen LogP contribution in [0.15, 0.2) is 42.5 Å². The third-order valence-corrected chi connectivity index (χ3v) is 4.57. The molecular formula is C22H27FN2O6. The number of nitro benzene ring substituents is 1. The number of aryl methyl sites for hydroxylation is 1. The van der Waals surface area contributed by atoms with E-state index in [1.807, 2.05) is 24.3 Å². The smallest absolute Gasteiger partial charge is 0.409 e. The summed E-state index contributed by atoms with van der Waals surface area (Å²) in [6.45, 7) is 2.53. The van der Waals surface area contributed by atoms with Gasteiger partial charge in [-0.1, -0.05) is 12.1 Å². The molecule has 0 heterocycles. The van der Waals surface area contributed by atoms with Crippen LogP contribution >= 0.6 is 0 Å². The molecule has 0 aliphatic rings. The number of nitro groups is 1. The van der Waals surface area contributed by atoms with Gasteiger partial charge in [0, 0.05) is 18.7 Å². The lowest BCUT2D eigenvalue weighted by atomic mass is 10.1. The van der Waals surface area contributed by atoms with Crippen molar-refractivity contribution in [3.05, 3.63) is 64.0 Å². The van der Waals surface area contributed by atoms with Crippen molar-refractivity contribution in [2.45, 2.75) is 26.2 Å². The lowest BCUT2D eigenvalue weighted by molar-refractivity contribution is -0.385. The maximum Gasteiger partial charge on any atom is 0.409 e. The topological polar surface area (TPSA) is 91.1 Å². The first kappa shape index (κ1) is 23.9. The molecular weight excluding hydrogens is 407 g/mol. The molecule has 31 heavy (non-hydrogen) atoms. The second kappa shape index (κ2) is 12.4. The van der Waals surface area contributed by atoms with E-state index in [1.165, 1.54) is 10.5 Å². The van der Waals surface area contributed by atoms with Crippen molar-refractivity contribution in [3.8, 4) is 11.5 Å². The predicted octanol–water partition coefficient (Wildman–Crippen LogP) is 4.60. The summed E-state index contributed by atoms with van der Waals surface area (Å²) in [6.07, 6.45) is 1.97. The van der Waals surface area contributed by atoms with E-state index in [0.717, 1.165) is 43.2 Å². The summed E-state index contributed by atoms with van der Waals surface area (Å²) in [5.74, 6) is -0.00883. The van der Waals surface area contributed by atoms with E-state index in [0.29, 0.717) is 6.54 Å². The molecule has 2 aromatic carbocycles. The normalized spacial score (nSPS) is 10.4. The van der Waals surface area contributed by atoms with Crippen LogP contribution in [0.5, 0.6) is 11.5 Å². The average molecular weight is 434 g/mol. The number of benzene rings is 2. The van der Waals surface area contributed by atoms with Gasteiger partial charge in [0.15, 0.2) is 5.75 Å². The van der Waals surface area contributed by atoms with Crippen LogP contribution in [0.1, 0.15) is 25.3 Å². The molecule has 0 aliphatic carbocycles. The summed E-state index contributed by atoms with van der Waals surface area (Å²) in [7, 11) is 1.62. The van der Waals surface area contributed by atoms with Crippen LogP contribution in [0, 0.1) is 15.9 Å². The summed E-state index contributed by atoms with van der Waals surface area (Å²) >= 11 is 0. The van der Waals surface area contributed by atoms with Crippen molar-refractivity contribution in [2.75, 3.05) is 33.4 Å². The Balaban J connectivity index is 1.86. The molecule has 8 nitrogen and oxygen atoms in total. The van der Waals surface area contributed by atoms with E-state index in [9.17, 15) is 19.3 Å². The Hall–Kier alpha value is -3.36. The number of rotatable bonds is 12. The molecule has 0 unspecified atom stereocenters. The van der Waals surface area contributed by atoms with E-state index >= 15 is 0 Å². The zero-order chi connectivity index (χ0) is 22.6. The molecule has 0 radical (unpaired) electrons. The van der Waals surface area contributed by atoms with Crippen LogP contribution in [0.25, 0.3) is 0 Å². The highest BCUT2D eigenvalue weighted by atomic mass is 19.1. The number of ether oxygens (including phenoxy) is 3. The Morgan fingerprint density at radius 3 is 2.52 bits per heavy atom. The zero-order valence-electron chi connectivity index (χ0n) is 17.7. The Kier molecular flexibility index (Phi) is 9.54. The number of carbonyl (C=O) groups is 1. The Morgan fingerprint density at radius 1 is 1.13 bits per heavy atom. The number of hydrogen-bond donors (Lipinski definition) is 0. The fourth-order valence-corrected chi connectivity index (χ4v) is 2.95. The molecule has 0 aliphatic heterocycles. The summed E-state index contributed by atoms with van der Waals surface area (Å²) in [6, 6.07) is 10.8. The van der Waals surface area contributed by atoms with Gasteiger partial charge in [-0.25, -0.2) is 9.18 Å². The SMILES string of the molecule is CCOC(=O)N(CCCCc1ccc(OC)cc1)CCOc1cc(F)ccc1[N+](=O)[O-]. The van der Waals surface area contributed by atoms with Crippen LogP contribution in [0.3, 0.4) is 0 Å². The largest absolute Gasteiger partial charge is 0.497 e. The fourth-order valence-electron chi connectivity index (χ4n) is 2.95. The number of hydrogen-bond acceptors (Lipinski definition) is 6. The number of carbonyl (C=O) groups excluding carboxylic acids is 1. The second-order valence-electron chi connectivity index (χ2n) is 6.71. The zero-order valence-corrected chi connectivity index (χ0v) is 17.7. The molecule has 168 valence electrons. The van der Waals surface area contributed by atoms with Gasteiger partial charge >= 0.3 is 11.8 Å². The van der Waals surface area contributed by atoms with Crippen LogP contribution < -0.4 is 9.47 Å². The van der Waals surface area contributed by atoms with E-state index in [-0.39, 0.29) is 31.2 Å². The Labute approximate surface area is 180 Å². The van der Waals surface area contributed by atoms with E-state index in [2.05, 4.69) is 0 Å². The van der Waals surface area contributed by atoms with Crippen molar-refractivity contribution in [1.29, 1.82) is 0 Å². The predicted molar refractivity (Wildman–Crippen MR) is 113 cm³/mol. The molecule has 0 saturated heterocycles. The average Bonchev–Trinajstić information content (AvgIpc) is 2.75. The molecule has 2 aromatic rings. The number of unbranched alkanes of at least 4 members (excludes halogenated alkanes) is 1. The molecule has 0 saturated carbocycles. The maximum atomic E-state index is 13.4. The monoisotopic (exact) mass is 434 g/mol. The highest BCUT2D eigenvalue weighted by Crippen LogP contribution is 2.27. The summed E-state index contributed by atoms with van der Waals surface area (Å²) in [5.41, 5.74) is 0.841. The van der Waals surface area contributed by atoms with Crippen LogP contribution in [0.2, 0.25) is 0 Å². The highest BCUT2D eigenvalue weighted by Gasteiger charge is 2.18. The Bertz CT molecular complexity index is 860. The third kappa shape index (κ3) is 7.76. The van der Waals surface area contributed by atoms with Gasteiger partial charge in [-0.2, -0.15) is 0 Å². The highest BCUT2D eigenvalue weighted by molar-refractivity contribution is 5.67. The lowest BCUT2D eigenvalue weighted by Gasteiger charge is -2.22. The molecule has 0 N–H and O–H groups in total. The molecule has 1 amide bonds. The van der Waals surface area contributed by atoms with E-state index < -0.39 is 16.8 Å². The summed E-state index contributed by atoms with van der Waals surface area (Å²) < 4.78 is 29.0. The number of nitrogens with zero attached hydrogens (tertiary/aromatic N) is 2. The van der Waals surface area contributed by atoms with Crippen LogP contribution in [-0.4, -0.2) is 49.3 Å². The van der Waals surface area contributed by atoms with Crippen molar-refractivity contribution < 1.29 is 28.3 Å². The van der Waals surface area contributed by atoms with Gasteiger partial charge in [0.2, 0.25) is 0 Å².